The summed E-state index contributed by atoms with van der Waals surface area (Å²) < 4.78 is 32.9. The number of pyridine rings is 1. The number of carbonyl (C=O) groups excluding carboxylic acids is 3. The second-order valence-electron chi connectivity index (χ2n) is 11.2. The van der Waals surface area contributed by atoms with Crippen molar-refractivity contribution in [1.29, 1.82) is 0 Å². The third kappa shape index (κ3) is 8.20. The Morgan fingerprint density at radius 3 is 2.40 bits per heavy atom. The van der Waals surface area contributed by atoms with E-state index >= 15 is 0 Å². The molecule has 2 amide bonds. The van der Waals surface area contributed by atoms with E-state index in [4.69, 9.17) is 4.42 Å². The molecule has 0 aliphatic carbocycles. The largest absolute Gasteiger partial charge is 0.434 e. The first-order valence-electron chi connectivity index (χ1n) is 15.1. The Morgan fingerprint density at radius 2 is 1.67 bits per heavy atom. The summed E-state index contributed by atoms with van der Waals surface area (Å²) in [5.74, 6) is -2.83. The summed E-state index contributed by atoms with van der Waals surface area (Å²) in [6.45, 7) is 2.78. The van der Waals surface area contributed by atoms with Crippen molar-refractivity contribution in [3.8, 4) is 0 Å². The van der Waals surface area contributed by atoms with Crippen LogP contribution in [-0.4, -0.2) is 67.4 Å². The van der Waals surface area contributed by atoms with E-state index in [0.717, 1.165) is 0 Å². The molecule has 2 unspecified atom stereocenters. The Labute approximate surface area is 262 Å². The van der Waals surface area contributed by atoms with E-state index in [0.29, 0.717) is 54.0 Å². The molecule has 1 fully saturated rings. The van der Waals surface area contributed by atoms with E-state index in [9.17, 15) is 22.8 Å². The number of aryl methyl sites for hydroxylation is 1. The first-order valence-corrected chi connectivity index (χ1v) is 16.8. The molecule has 12 heteroatoms. The molecule has 1 aliphatic heterocycles. The number of amides is 2. The second-order valence-corrected chi connectivity index (χ2v) is 13.4. The van der Waals surface area contributed by atoms with Crippen LogP contribution in [0.4, 0.5) is 0 Å². The standard InChI is InChI=1S/C33H37N5O6S/c1-22-8-7-11-25(37-22)21-45(42,43)29(20-36-31(40)24-14-17-34-18-15-24)32(41)35-19-16-26(23-9-3-2-4-10-23)30(39)33-38-27-12-5-6-13-28(27)44-33/h2-13,24,26,29,34H,14-21H2,1H3,(H,35,41)(H,36,40). The van der Waals surface area contributed by atoms with Gasteiger partial charge in [-0.1, -0.05) is 48.5 Å². The maximum atomic E-state index is 13.6. The predicted molar refractivity (Wildman–Crippen MR) is 169 cm³/mol. The minimum atomic E-state index is -4.09. The van der Waals surface area contributed by atoms with Crippen LogP contribution >= 0.6 is 0 Å². The molecule has 11 nitrogen and oxygen atoms in total. The van der Waals surface area contributed by atoms with Gasteiger partial charge in [-0.05, 0) is 69.1 Å². The molecule has 3 N–H and O–H groups in total. The van der Waals surface area contributed by atoms with Crippen molar-refractivity contribution < 1.29 is 27.2 Å². The molecule has 0 bridgehead atoms. The number of sulfone groups is 1. The minimum absolute atomic E-state index is 0.00131. The van der Waals surface area contributed by atoms with Gasteiger partial charge in [-0.25, -0.2) is 13.4 Å². The van der Waals surface area contributed by atoms with Gasteiger partial charge in [0.25, 0.3) is 5.89 Å². The lowest BCUT2D eigenvalue weighted by Gasteiger charge is -2.24. The lowest BCUT2D eigenvalue weighted by molar-refractivity contribution is -0.126. The molecule has 1 saturated heterocycles. The zero-order valence-corrected chi connectivity index (χ0v) is 25.9. The summed E-state index contributed by atoms with van der Waals surface area (Å²) in [6, 6.07) is 21.2. The van der Waals surface area contributed by atoms with Crippen LogP contribution in [0.3, 0.4) is 0 Å². The lowest BCUT2D eigenvalue weighted by atomic mass is 9.91. The third-order valence-electron chi connectivity index (χ3n) is 7.95. The average molecular weight is 632 g/mol. The SMILES string of the molecule is Cc1cccc(CS(=O)(=O)C(CNC(=O)C2CCNCC2)C(=O)NCCC(C(=O)c2nc3ccccc3o2)c2ccccc2)n1. The van der Waals surface area contributed by atoms with Crippen molar-refractivity contribution in [1.82, 2.24) is 25.9 Å². The van der Waals surface area contributed by atoms with Gasteiger partial charge in [0.1, 0.15) is 5.52 Å². The van der Waals surface area contributed by atoms with E-state index in [1.807, 2.05) is 30.3 Å². The summed E-state index contributed by atoms with van der Waals surface area (Å²) in [7, 11) is -4.09. The van der Waals surface area contributed by atoms with Crippen LogP contribution in [0.5, 0.6) is 0 Å². The number of piperidine rings is 1. The minimum Gasteiger partial charge on any atom is -0.434 e. The highest BCUT2D eigenvalue weighted by Crippen LogP contribution is 2.26. The molecule has 4 aromatic rings. The Bertz CT molecular complexity index is 1720. The van der Waals surface area contributed by atoms with Crippen molar-refractivity contribution in [2.45, 2.75) is 43.1 Å². The smallest absolute Gasteiger partial charge is 0.264 e. The Balaban J connectivity index is 1.31. The normalized spacial score (nSPS) is 15.3. The number of hydrogen-bond donors (Lipinski definition) is 3. The van der Waals surface area contributed by atoms with E-state index in [-0.39, 0.29) is 43.0 Å². The highest BCUT2D eigenvalue weighted by molar-refractivity contribution is 7.92. The third-order valence-corrected chi connectivity index (χ3v) is 9.89. The number of ketones is 1. The van der Waals surface area contributed by atoms with E-state index in [2.05, 4.69) is 25.9 Å². The summed E-state index contributed by atoms with van der Waals surface area (Å²) in [6.07, 6.45) is 1.44. The number of benzene rings is 2. The molecule has 0 spiro atoms. The summed E-state index contributed by atoms with van der Waals surface area (Å²) in [5, 5.41) is 7.08. The predicted octanol–water partition coefficient (Wildman–Crippen LogP) is 3.10. The molecule has 0 radical (unpaired) electrons. The van der Waals surface area contributed by atoms with Gasteiger partial charge in [0.05, 0.1) is 17.4 Å². The Hall–Kier alpha value is -4.42. The van der Waals surface area contributed by atoms with Gasteiger partial charge in [0.2, 0.25) is 17.6 Å². The molecule has 5 rings (SSSR count). The molecule has 2 aromatic heterocycles. The number of carbonyl (C=O) groups is 3. The van der Waals surface area contributed by atoms with Crippen molar-refractivity contribution >= 4 is 38.5 Å². The first kappa shape index (κ1) is 32.0. The van der Waals surface area contributed by atoms with Gasteiger partial charge in [0.15, 0.2) is 20.7 Å². The number of rotatable bonds is 13. The van der Waals surface area contributed by atoms with Gasteiger partial charge >= 0.3 is 0 Å². The van der Waals surface area contributed by atoms with Crippen LogP contribution in [-0.2, 0) is 25.2 Å². The van der Waals surface area contributed by atoms with Gasteiger partial charge in [-0.15, -0.1) is 0 Å². The fraction of sp³-hybridized carbons (Fsp3) is 0.364. The van der Waals surface area contributed by atoms with Gasteiger partial charge in [-0.2, -0.15) is 0 Å². The Morgan fingerprint density at radius 1 is 0.933 bits per heavy atom. The van der Waals surface area contributed by atoms with Crippen molar-refractivity contribution in [2.75, 3.05) is 26.2 Å². The molecule has 45 heavy (non-hydrogen) atoms. The number of aromatic nitrogens is 2. The number of para-hydroxylation sites is 2. The highest BCUT2D eigenvalue weighted by atomic mass is 32.2. The number of nitrogens with zero attached hydrogens (tertiary/aromatic N) is 2. The van der Waals surface area contributed by atoms with Crippen LogP contribution in [0.15, 0.2) is 77.2 Å². The average Bonchev–Trinajstić information content (AvgIpc) is 3.48. The van der Waals surface area contributed by atoms with E-state index in [1.165, 1.54) is 0 Å². The summed E-state index contributed by atoms with van der Waals surface area (Å²) in [4.78, 5) is 48.7. The number of nitrogens with one attached hydrogen (secondary N) is 3. The van der Waals surface area contributed by atoms with Crippen LogP contribution in [0.1, 0.15) is 52.8 Å². The fourth-order valence-corrected chi connectivity index (χ4v) is 7.03. The van der Waals surface area contributed by atoms with Gasteiger partial charge in [0, 0.05) is 24.7 Å². The molecule has 1 aliphatic rings. The zero-order valence-electron chi connectivity index (χ0n) is 25.1. The quantitative estimate of drug-likeness (QED) is 0.188. The summed E-state index contributed by atoms with van der Waals surface area (Å²) in [5.41, 5.74) is 2.72. The molecule has 236 valence electrons. The van der Waals surface area contributed by atoms with Gasteiger partial charge < -0.3 is 20.4 Å². The maximum Gasteiger partial charge on any atom is 0.264 e. The fourth-order valence-electron chi connectivity index (χ4n) is 5.51. The highest BCUT2D eigenvalue weighted by Gasteiger charge is 2.35. The molecular weight excluding hydrogens is 594 g/mol. The monoisotopic (exact) mass is 631 g/mol. The van der Waals surface area contributed by atoms with Crippen LogP contribution < -0.4 is 16.0 Å². The van der Waals surface area contributed by atoms with Crippen LogP contribution in [0.25, 0.3) is 11.1 Å². The zero-order chi connectivity index (χ0) is 31.8. The second kappa shape index (κ2) is 14.6. The number of hydrogen-bond acceptors (Lipinski definition) is 9. The topological polar surface area (TPSA) is 160 Å². The van der Waals surface area contributed by atoms with Crippen molar-refractivity contribution in [2.24, 2.45) is 5.92 Å². The van der Waals surface area contributed by atoms with Crippen molar-refractivity contribution in [3.05, 3.63) is 95.6 Å². The first-order chi connectivity index (χ1) is 21.7. The molecule has 2 atom stereocenters. The molecule has 2 aromatic carbocycles. The molecule has 3 heterocycles. The number of fused-ring (bicyclic) bond motifs is 1. The van der Waals surface area contributed by atoms with Crippen LogP contribution in [0, 0.1) is 12.8 Å². The van der Waals surface area contributed by atoms with Crippen LogP contribution in [0.2, 0.25) is 0 Å². The lowest BCUT2D eigenvalue weighted by Crippen LogP contribution is -2.49. The van der Waals surface area contributed by atoms with Crippen molar-refractivity contribution in [3.63, 3.8) is 0 Å². The van der Waals surface area contributed by atoms with E-state index in [1.54, 1.807) is 49.4 Å². The number of Topliss-reactive ketones (excluding diaryl/α,β-unsaturated/α-hetero) is 1. The maximum absolute atomic E-state index is 13.6. The van der Waals surface area contributed by atoms with Gasteiger partial charge in [-0.3, -0.25) is 19.4 Å². The van der Waals surface area contributed by atoms with E-state index < -0.39 is 32.7 Å². The summed E-state index contributed by atoms with van der Waals surface area (Å²) >= 11 is 0. The molecular formula is C33H37N5O6S. The number of oxazole rings is 1. The Kier molecular flexibility index (Phi) is 10.4. The molecule has 0 saturated carbocycles.